The van der Waals surface area contributed by atoms with Crippen LogP contribution in [0.5, 0.6) is 0 Å². The maximum absolute atomic E-state index is 11.8. The molecule has 0 unspecified atom stereocenters. The lowest BCUT2D eigenvalue weighted by Crippen LogP contribution is -2.43. The van der Waals surface area contributed by atoms with Gasteiger partial charge in [-0.25, -0.2) is 4.79 Å². The summed E-state index contributed by atoms with van der Waals surface area (Å²) in [4.78, 5) is 10.3. The second kappa shape index (κ2) is 7.79. The van der Waals surface area contributed by atoms with Gasteiger partial charge in [-0.3, -0.25) is 0 Å². The van der Waals surface area contributed by atoms with Crippen molar-refractivity contribution in [3.05, 3.63) is 0 Å². The molecule has 6 heteroatoms. The van der Waals surface area contributed by atoms with Crippen LogP contribution in [0, 0.1) is 0 Å². The molecule has 17 heavy (non-hydrogen) atoms. The molecule has 0 saturated heterocycles. The Hall–Kier alpha value is -0.460. The summed E-state index contributed by atoms with van der Waals surface area (Å²) in [5, 5.41) is 0. The van der Waals surface area contributed by atoms with Crippen LogP contribution in [0.1, 0.15) is 47.0 Å². The first-order valence-electron chi connectivity index (χ1n) is 5.83. The number of rotatable bonds is 7. The number of carbonyl (C=O) groups is 1. The second-order valence-corrected chi connectivity index (χ2v) is 7.06. The third-order valence-corrected chi connectivity index (χ3v) is 3.87. The van der Waals surface area contributed by atoms with Crippen molar-refractivity contribution in [3.8, 4) is 0 Å². The fourth-order valence-corrected chi connectivity index (χ4v) is 1.98. The molecule has 3 N–H and O–H groups in total. The van der Waals surface area contributed by atoms with Gasteiger partial charge in [0.2, 0.25) is 0 Å². The van der Waals surface area contributed by atoms with Crippen LogP contribution in [0.25, 0.3) is 0 Å². The Balaban J connectivity index is 3.59. The number of unbranched alkanes of at least 4 members (excludes halogenated alkanes) is 1. The minimum atomic E-state index is -1.04. The van der Waals surface area contributed by atoms with E-state index in [2.05, 4.69) is 9.46 Å². The minimum absolute atomic E-state index is 0.184. The van der Waals surface area contributed by atoms with Crippen LogP contribution in [0.15, 0.2) is 0 Å². The summed E-state index contributed by atoms with van der Waals surface area (Å²) in [5.74, 6) is 0. The summed E-state index contributed by atoms with van der Waals surface area (Å²) in [7, 11) is 0. The summed E-state index contributed by atoms with van der Waals surface area (Å²) >= 11 is -1.04. The van der Waals surface area contributed by atoms with Crippen molar-refractivity contribution in [3.63, 3.8) is 0 Å². The van der Waals surface area contributed by atoms with Gasteiger partial charge in [0.1, 0.15) is 4.75 Å². The Morgan fingerprint density at radius 3 is 2.53 bits per heavy atom. The zero-order chi connectivity index (χ0) is 13.5. The van der Waals surface area contributed by atoms with Crippen LogP contribution in [-0.2, 0) is 16.1 Å². The zero-order valence-corrected chi connectivity index (χ0v) is 11.9. The number of carbonyl (C=O) groups excluding carboxylic acids is 1. The number of hydrogen-bond donors (Lipinski definition) is 2. The molecule has 0 aromatic rings. The first-order chi connectivity index (χ1) is 7.73. The molecule has 0 bridgehead atoms. The van der Waals surface area contributed by atoms with Gasteiger partial charge in [-0.05, 0) is 47.0 Å². The molecule has 2 atom stereocenters. The zero-order valence-electron chi connectivity index (χ0n) is 11.1. The predicted octanol–water partition coefficient (Wildman–Crippen LogP) is 1.69. The molecule has 102 valence electrons. The van der Waals surface area contributed by atoms with E-state index in [0.29, 0.717) is 6.61 Å². The van der Waals surface area contributed by atoms with Gasteiger partial charge in [0, 0.05) is 17.4 Å². The van der Waals surface area contributed by atoms with E-state index in [1.165, 1.54) is 0 Å². The van der Waals surface area contributed by atoms with E-state index in [4.69, 9.17) is 5.73 Å². The van der Waals surface area contributed by atoms with Crippen LogP contribution in [0.3, 0.4) is 0 Å². The second-order valence-electron chi connectivity index (χ2n) is 5.06. The third-order valence-electron chi connectivity index (χ3n) is 2.14. The van der Waals surface area contributed by atoms with E-state index in [1.807, 2.05) is 27.7 Å². The lowest BCUT2D eigenvalue weighted by atomic mass is 10.1. The Morgan fingerprint density at radius 2 is 2.06 bits per heavy atom. The molecule has 0 aliphatic rings. The van der Waals surface area contributed by atoms with Gasteiger partial charge in [-0.15, -0.1) is 4.72 Å². The van der Waals surface area contributed by atoms with Crippen molar-refractivity contribution in [2.24, 2.45) is 5.73 Å². The first-order valence-corrected chi connectivity index (χ1v) is 6.98. The van der Waals surface area contributed by atoms with Crippen LogP contribution >= 0.6 is 0 Å². The highest BCUT2D eigenvalue weighted by molar-refractivity contribution is 7.90. The minimum Gasteiger partial charge on any atom is -0.598 e. The van der Waals surface area contributed by atoms with Crippen molar-refractivity contribution in [1.29, 1.82) is 0 Å². The van der Waals surface area contributed by atoms with Gasteiger partial charge >= 0.3 is 6.09 Å². The summed E-state index contributed by atoms with van der Waals surface area (Å²) < 4.78 is 19.2. The maximum atomic E-state index is 11.8. The smallest absolute Gasteiger partial charge is 0.404 e. The van der Waals surface area contributed by atoms with Gasteiger partial charge in [0.05, 0.1) is 6.61 Å². The number of hydrogen-bond acceptors (Lipinski definition) is 4. The SMILES string of the molecule is C[C@@H](CCCCOC(N)=O)N[S@+]([O-])C(C)(C)C. The molecule has 0 heterocycles. The lowest BCUT2D eigenvalue weighted by Gasteiger charge is -2.26. The normalized spacial score (nSPS) is 15.4. The summed E-state index contributed by atoms with van der Waals surface area (Å²) in [5.41, 5.74) is 4.83. The van der Waals surface area contributed by atoms with Crippen molar-refractivity contribution in [2.45, 2.75) is 57.7 Å². The molecule has 0 fully saturated rings. The fourth-order valence-electron chi connectivity index (χ4n) is 1.14. The molecule has 0 rings (SSSR count). The summed E-state index contributed by atoms with van der Waals surface area (Å²) in [6.45, 7) is 8.15. The lowest BCUT2D eigenvalue weighted by molar-refractivity contribution is 0.154. The van der Waals surface area contributed by atoms with Crippen molar-refractivity contribution in [2.75, 3.05) is 6.61 Å². The molecule has 5 nitrogen and oxygen atoms in total. The van der Waals surface area contributed by atoms with Crippen LogP contribution in [-0.4, -0.2) is 28.0 Å². The molecule has 0 aromatic carbocycles. The van der Waals surface area contributed by atoms with Crippen molar-refractivity contribution in [1.82, 2.24) is 4.72 Å². The predicted molar refractivity (Wildman–Crippen MR) is 69.9 cm³/mol. The molecular weight excluding hydrogens is 240 g/mol. The molecule has 0 aromatic heterocycles. The maximum Gasteiger partial charge on any atom is 0.404 e. The van der Waals surface area contributed by atoms with Crippen LogP contribution in [0.2, 0.25) is 0 Å². The first kappa shape index (κ1) is 16.5. The van der Waals surface area contributed by atoms with Gasteiger partial charge in [0.15, 0.2) is 0 Å². The Bertz CT molecular complexity index is 231. The summed E-state index contributed by atoms with van der Waals surface area (Å²) in [6.07, 6.45) is 1.84. The number of nitrogens with two attached hydrogens (primary N) is 1. The van der Waals surface area contributed by atoms with E-state index >= 15 is 0 Å². The van der Waals surface area contributed by atoms with Gasteiger partial charge in [0.25, 0.3) is 0 Å². The van der Waals surface area contributed by atoms with Crippen molar-refractivity contribution < 1.29 is 14.1 Å². The topological polar surface area (TPSA) is 87.4 Å². The highest BCUT2D eigenvalue weighted by Gasteiger charge is 2.27. The highest BCUT2D eigenvalue weighted by atomic mass is 32.2. The van der Waals surface area contributed by atoms with Crippen LogP contribution in [0.4, 0.5) is 4.79 Å². The molecular formula is C11H24N2O3S. The van der Waals surface area contributed by atoms with Crippen molar-refractivity contribution >= 4 is 17.5 Å². The average molecular weight is 264 g/mol. The number of ether oxygens (including phenoxy) is 1. The van der Waals surface area contributed by atoms with Crippen LogP contribution < -0.4 is 10.5 Å². The van der Waals surface area contributed by atoms with Gasteiger partial charge in [-0.2, -0.15) is 0 Å². The third kappa shape index (κ3) is 9.26. The Morgan fingerprint density at radius 1 is 1.47 bits per heavy atom. The van der Waals surface area contributed by atoms with E-state index in [9.17, 15) is 9.35 Å². The number of nitrogens with one attached hydrogen (secondary N) is 1. The summed E-state index contributed by atoms with van der Waals surface area (Å²) in [6, 6.07) is 0.184. The molecule has 0 saturated carbocycles. The Labute approximate surface area is 107 Å². The Kier molecular flexibility index (Phi) is 7.58. The molecule has 0 spiro atoms. The number of primary amides is 1. The van der Waals surface area contributed by atoms with E-state index in [1.54, 1.807) is 0 Å². The fraction of sp³-hybridized carbons (Fsp3) is 0.909. The molecule has 1 amide bonds. The average Bonchev–Trinajstić information content (AvgIpc) is 2.15. The largest absolute Gasteiger partial charge is 0.598 e. The number of amides is 1. The molecule has 0 radical (unpaired) electrons. The van der Waals surface area contributed by atoms with E-state index in [-0.39, 0.29) is 10.8 Å². The highest BCUT2D eigenvalue weighted by Crippen LogP contribution is 2.14. The standard InChI is InChI=1S/C11H24N2O3S/c1-9(13-17(15)11(2,3)4)7-5-6-8-16-10(12)14/h9,13H,5-8H2,1-4H3,(H2,12,14)/t9-,17+/m0/s1. The van der Waals surface area contributed by atoms with Gasteiger partial charge < -0.3 is 15.0 Å². The quantitative estimate of drug-likeness (QED) is 0.541. The van der Waals surface area contributed by atoms with E-state index < -0.39 is 17.5 Å². The molecule has 0 aliphatic carbocycles. The monoisotopic (exact) mass is 264 g/mol. The van der Waals surface area contributed by atoms with Gasteiger partial charge in [-0.1, -0.05) is 0 Å². The van der Waals surface area contributed by atoms with E-state index in [0.717, 1.165) is 19.3 Å². The molecule has 0 aliphatic heterocycles.